The summed E-state index contributed by atoms with van der Waals surface area (Å²) in [5, 5.41) is 12.9. The first-order valence-electron chi connectivity index (χ1n) is 4.23. The van der Waals surface area contributed by atoms with Crippen LogP contribution in [0.3, 0.4) is 0 Å². The smallest absolute Gasteiger partial charge is 0.183 e. The van der Waals surface area contributed by atoms with Crippen molar-refractivity contribution in [2.24, 2.45) is 4.99 Å². The molecule has 0 radical (unpaired) electrons. The van der Waals surface area contributed by atoms with Gasteiger partial charge in [-0.1, -0.05) is 11.6 Å². The van der Waals surface area contributed by atoms with Gasteiger partial charge in [-0.05, 0) is 26.0 Å². The highest BCUT2D eigenvalue weighted by Gasteiger charge is 2.26. The van der Waals surface area contributed by atoms with Gasteiger partial charge in [0.2, 0.25) is 0 Å². The number of hydrogen-bond acceptors (Lipinski definition) is 3. The first-order valence-corrected chi connectivity index (χ1v) is 4.23. The summed E-state index contributed by atoms with van der Waals surface area (Å²) in [6.45, 7) is 3.68. The zero-order valence-corrected chi connectivity index (χ0v) is 7.70. The summed E-state index contributed by atoms with van der Waals surface area (Å²) in [5.41, 5.74) is 1.78. The van der Waals surface area contributed by atoms with Crippen molar-refractivity contribution >= 4 is 12.0 Å². The second-order valence-corrected chi connectivity index (χ2v) is 3.47. The Labute approximate surface area is 77.1 Å². The highest BCUT2D eigenvalue weighted by molar-refractivity contribution is 5.81. The number of fused-ring (bicyclic) bond motifs is 1. The van der Waals surface area contributed by atoms with E-state index in [9.17, 15) is 5.11 Å². The van der Waals surface area contributed by atoms with Gasteiger partial charge >= 0.3 is 0 Å². The third-order valence-electron chi connectivity index (χ3n) is 2.22. The van der Waals surface area contributed by atoms with Crippen LogP contribution in [-0.4, -0.2) is 11.4 Å². The Morgan fingerprint density at radius 3 is 3.00 bits per heavy atom. The Balaban J connectivity index is 2.60. The number of benzene rings is 1. The number of aliphatic imine (C=N–C) groups is 1. The van der Waals surface area contributed by atoms with Crippen LogP contribution in [0, 0.1) is 6.92 Å². The lowest BCUT2D eigenvalue weighted by atomic mass is 9.99. The van der Waals surface area contributed by atoms with Crippen molar-refractivity contribution in [3.63, 3.8) is 0 Å². The van der Waals surface area contributed by atoms with E-state index in [4.69, 9.17) is 0 Å². The molecule has 1 aromatic carbocycles. The molecule has 0 aliphatic carbocycles. The molecule has 0 amide bonds. The number of rotatable bonds is 0. The van der Waals surface area contributed by atoms with Crippen LogP contribution in [0.25, 0.3) is 0 Å². The first-order chi connectivity index (χ1) is 6.09. The minimum atomic E-state index is -1.09. The van der Waals surface area contributed by atoms with Crippen LogP contribution in [-0.2, 0) is 5.72 Å². The standard InChI is InChI=1S/C10H12N2O/c1-7-3-4-9-8(5-7)10(2,13)12-6-11-9/h3-6,13H,1-2H3,(H,11,12). The van der Waals surface area contributed by atoms with Gasteiger partial charge in [0.25, 0.3) is 0 Å². The quantitative estimate of drug-likeness (QED) is 0.630. The summed E-state index contributed by atoms with van der Waals surface area (Å²) in [6.07, 6.45) is 1.53. The van der Waals surface area contributed by atoms with E-state index < -0.39 is 5.72 Å². The van der Waals surface area contributed by atoms with Crippen molar-refractivity contribution in [3.8, 4) is 0 Å². The van der Waals surface area contributed by atoms with Crippen LogP contribution in [0.2, 0.25) is 0 Å². The molecule has 0 saturated carbocycles. The van der Waals surface area contributed by atoms with Gasteiger partial charge in [-0.2, -0.15) is 0 Å². The molecular weight excluding hydrogens is 164 g/mol. The van der Waals surface area contributed by atoms with E-state index in [1.165, 1.54) is 6.34 Å². The molecule has 1 atom stereocenters. The fourth-order valence-electron chi connectivity index (χ4n) is 1.47. The number of nitrogens with zero attached hydrogens (tertiary/aromatic N) is 1. The maximum Gasteiger partial charge on any atom is 0.183 e. The molecule has 13 heavy (non-hydrogen) atoms. The maximum absolute atomic E-state index is 9.91. The monoisotopic (exact) mass is 176 g/mol. The Morgan fingerprint density at radius 1 is 1.46 bits per heavy atom. The molecule has 1 unspecified atom stereocenters. The summed E-state index contributed by atoms with van der Waals surface area (Å²) >= 11 is 0. The summed E-state index contributed by atoms with van der Waals surface area (Å²) in [6, 6.07) is 5.89. The van der Waals surface area contributed by atoms with Crippen molar-refractivity contribution < 1.29 is 5.11 Å². The summed E-state index contributed by atoms with van der Waals surface area (Å²) in [4.78, 5) is 3.96. The van der Waals surface area contributed by atoms with Gasteiger partial charge in [-0.15, -0.1) is 0 Å². The lowest BCUT2D eigenvalue weighted by molar-refractivity contribution is 0.0678. The van der Waals surface area contributed by atoms with Crippen molar-refractivity contribution in [3.05, 3.63) is 29.3 Å². The topological polar surface area (TPSA) is 44.6 Å². The fourth-order valence-corrected chi connectivity index (χ4v) is 1.47. The van der Waals surface area contributed by atoms with E-state index >= 15 is 0 Å². The predicted octanol–water partition coefficient (Wildman–Crippen LogP) is 1.61. The molecule has 2 N–H and O–H groups in total. The van der Waals surface area contributed by atoms with Crippen LogP contribution in [0.1, 0.15) is 18.1 Å². The molecule has 1 aliphatic rings. The number of nitrogens with one attached hydrogen (secondary N) is 1. The Morgan fingerprint density at radius 2 is 2.23 bits per heavy atom. The number of aryl methyl sites for hydroxylation is 1. The van der Waals surface area contributed by atoms with Crippen LogP contribution >= 0.6 is 0 Å². The second kappa shape index (κ2) is 2.57. The van der Waals surface area contributed by atoms with E-state index in [0.29, 0.717) is 0 Å². The van der Waals surface area contributed by atoms with Crippen molar-refractivity contribution in [1.29, 1.82) is 0 Å². The highest BCUT2D eigenvalue weighted by Crippen LogP contribution is 2.31. The van der Waals surface area contributed by atoms with Gasteiger partial charge in [-0.3, -0.25) is 0 Å². The van der Waals surface area contributed by atoms with Gasteiger partial charge < -0.3 is 10.4 Å². The van der Waals surface area contributed by atoms with Crippen LogP contribution in [0.15, 0.2) is 23.2 Å². The molecular formula is C10H12N2O. The molecule has 3 nitrogen and oxygen atoms in total. The summed E-state index contributed by atoms with van der Waals surface area (Å²) < 4.78 is 0. The molecule has 68 valence electrons. The van der Waals surface area contributed by atoms with Gasteiger partial charge in [0.1, 0.15) is 0 Å². The Kier molecular flexibility index (Phi) is 1.63. The average molecular weight is 176 g/mol. The third kappa shape index (κ3) is 1.31. The van der Waals surface area contributed by atoms with Gasteiger partial charge in [-0.25, -0.2) is 4.99 Å². The minimum absolute atomic E-state index is 0.829. The molecule has 0 bridgehead atoms. The predicted molar refractivity (Wildman–Crippen MR) is 52.9 cm³/mol. The third-order valence-corrected chi connectivity index (χ3v) is 2.22. The molecule has 0 saturated heterocycles. The van der Waals surface area contributed by atoms with Crippen LogP contribution in [0.5, 0.6) is 0 Å². The zero-order chi connectivity index (χ0) is 9.47. The molecule has 1 aliphatic heterocycles. The first kappa shape index (κ1) is 8.26. The molecule has 2 rings (SSSR count). The van der Waals surface area contributed by atoms with Crippen LogP contribution in [0.4, 0.5) is 5.69 Å². The molecule has 0 spiro atoms. The van der Waals surface area contributed by atoms with E-state index in [1.54, 1.807) is 6.92 Å². The number of anilines is 1. The highest BCUT2D eigenvalue weighted by atomic mass is 16.3. The molecule has 3 heteroatoms. The van der Waals surface area contributed by atoms with Crippen molar-refractivity contribution in [1.82, 2.24) is 0 Å². The van der Waals surface area contributed by atoms with E-state index in [0.717, 1.165) is 16.8 Å². The number of aliphatic hydroxyl groups is 1. The van der Waals surface area contributed by atoms with E-state index in [-0.39, 0.29) is 0 Å². The largest absolute Gasteiger partial charge is 0.366 e. The van der Waals surface area contributed by atoms with E-state index in [2.05, 4.69) is 10.3 Å². The van der Waals surface area contributed by atoms with Gasteiger partial charge in [0.05, 0.1) is 6.34 Å². The lowest BCUT2D eigenvalue weighted by Crippen LogP contribution is -2.25. The molecule has 1 heterocycles. The lowest BCUT2D eigenvalue weighted by Gasteiger charge is -2.26. The second-order valence-electron chi connectivity index (χ2n) is 3.47. The summed E-state index contributed by atoms with van der Waals surface area (Å²) in [5.74, 6) is 0. The number of hydrogen-bond donors (Lipinski definition) is 2. The Hall–Kier alpha value is -1.35. The summed E-state index contributed by atoms with van der Waals surface area (Å²) in [7, 11) is 0. The fraction of sp³-hybridized carbons (Fsp3) is 0.300. The van der Waals surface area contributed by atoms with Crippen LogP contribution < -0.4 is 5.32 Å². The van der Waals surface area contributed by atoms with Gasteiger partial charge in [0.15, 0.2) is 5.72 Å². The SMILES string of the molecule is Cc1ccc2c(c1)C(C)(O)N=CN2. The zero-order valence-electron chi connectivity index (χ0n) is 7.70. The maximum atomic E-state index is 9.91. The van der Waals surface area contributed by atoms with Gasteiger partial charge in [0, 0.05) is 11.3 Å². The average Bonchev–Trinajstić information content (AvgIpc) is 2.06. The van der Waals surface area contributed by atoms with Crippen molar-refractivity contribution in [2.45, 2.75) is 19.6 Å². The molecule has 0 aromatic heterocycles. The Bertz CT molecular complexity index is 369. The normalized spacial score (nSPS) is 25.2. The minimum Gasteiger partial charge on any atom is -0.366 e. The molecule has 0 fully saturated rings. The van der Waals surface area contributed by atoms with E-state index in [1.807, 2.05) is 25.1 Å². The molecule has 1 aromatic rings. The van der Waals surface area contributed by atoms with Crippen molar-refractivity contribution in [2.75, 3.05) is 5.32 Å².